The minimum absolute atomic E-state index is 0.191. The standard InChI is InChI=1S/C25H22BrN3O3S/c1-13-5-6-17(24-27-20-9-14(2)15(3)10-22(20)32-24)12-19(13)28-25(33)29-23(30)16-7-8-21(31-4)18(26)11-16/h5-12H,1-4H3,(H2,28,29,30,33). The summed E-state index contributed by atoms with van der Waals surface area (Å²) < 4.78 is 11.9. The van der Waals surface area contributed by atoms with Gasteiger partial charge in [-0.25, -0.2) is 4.98 Å². The summed E-state index contributed by atoms with van der Waals surface area (Å²) in [6.45, 7) is 6.05. The van der Waals surface area contributed by atoms with Crippen molar-refractivity contribution in [2.45, 2.75) is 20.8 Å². The Balaban J connectivity index is 1.53. The van der Waals surface area contributed by atoms with E-state index in [9.17, 15) is 4.79 Å². The van der Waals surface area contributed by atoms with Gasteiger partial charge in [0, 0.05) is 16.8 Å². The number of halogens is 1. The molecule has 0 saturated heterocycles. The van der Waals surface area contributed by atoms with Crippen molar-refractivity contribution >= 4 is 56.0 Å². The number of anilines is 1. The highest BCUT2D eigenvalue weighted by molar-refractivity contribution is 9.10. The summed E-state index contributed by atoms with van der Waals surface area (Å²) in [5, 5.41) is 6.01. The molecule has 0 unspecified atom stereocenters. The molecule has 0 aliphatic rings. The highest BCUT2D eigenvalue weighted by Crippen LogP contribution is 2.29. The van der Waals surface area contributed by atoms with Crippen molar-refractivity contribution in [1.29, 1.82) is 0 Å². The molecular weight excluding hydrogens is 502 g/mol. The minimum atomic E-state index is -0.325. The highest BCUT2D eigenvalue weighted by atomic mass is 79.9. The number of aryl methyl sites for hydroxylation is 3. The summed E-state index contributed by atoms with van der Waals surface area (Å²) >= 11 is 8.76. The number of methoxy groups -OCH3 is 1. The van der Waals surface area contributed by atoms with Gasteiger partial charge in [-0.15, -0.1) is 0 Å². The Hall–Kier alpha value is -3.23. The van der Waals surface area contributed by atoms with Gasteiger partial charge in [0.2, 0.25) is 5.89 Å². The summed E-state index contributed by atoms with van der Waals surface area (Å²) in [7, 11) is 1.57. The van der Waals surface area contributed by atoms with Crippen LogP contribution in [0.3, 0.4) is 0 Å². The lowest BCUT2D eigenvalue weighted by Gasteiger charge is -2.13. The van der Waals surface area contributed by atoms with Crippen LogP contribution in [-0.4, -0.2) is 23.1 Å². The summed E-state index contributed by atoms with van der Waals surface area (Å²) in [6, 6.07) is 14.9. The van der Waals surface area contributed by atoms with Crippen LogP contribution in [-0.2, 0) is 0 Å². The van der Waals surface area contributed by atoms with E-state index in [2.05, 4.69) is 38.5 Å². The maximum absolute atomic E-state index is 12.6. The summed E-state index contributed by atoms with van der Waals surface area (Å²) in [6.07, 6.45) is 0. The average molecular weight is 524 g/mol. The second-order valence-electron chi connectivity index (χ2n) is 7.71. The number of nitrogens with one attached hydrogen (secondary N) is 2. The molecule has 1 amide bonds. The molecule has 33 heavy (non-hydrogen) atoms. The predicted octanol–water partition coefficient (Wildman–Crippen LogP) is 6.32. The molecule has 0 spiro atoms. The van der Waals surface area contributed by atoms with Crippen LogP contribution in [0.5, 0.6) is 5.75 Å². The normalized spacial score (nSPS) is 10.8. The zero-order valence-corrected chi connectivity index (χ0v) is 21.0. The second kappa shape index (κ2) is 9.33. The first-order valence-corrected chi connectivity index (χ1v) is 11.4. The molecule has 0 aliphatic heterocycles. The average Bonchev–Trinajstić information content (AvgIpc) is 3.18. The van der Waals surface area contributed by atoms with Gasteiger partial charge in [-0.05, 0) is 108 Å². The van der Waals surface area contributed by atoms with E-state index in [0.29, 0.717) is 21.7 Å². The molecule has 4 rings (SSSR count). The molecule has 168 valence electrons. The first-order valence-electron chi connectivity index (χ1n) is 10.2. The molecule has 3 aromatic carbocycles. The van der Waals surface area contributed by atoms with Crippen LogP contribution in [0.2, 0.25) is 0 Å². The number of ether oxygens (including phenoxy) is 1. The zero-order valence-electron chi connectivity index (χ0n) is 18.6. The SMILES string of the molecule is COc1ccc(C(=O)NC(=S)Nc2cc(-c3nc4cc(C)c(C)cc4o3)ccc2C)cc1Br. The number of aromatic nitrogens is 1. The van der Waals surface area contributed by atoms with Gasteiger partial charge in [-0.3, -0.25) is 10.1 Å². The van der Waals surface area contributed by atoms with E-state index < -0.39 is 0 Å². The fourth-order valence-corrected chi connectivity index (χ4v) is 4.07. The molecule has 0 aliphatic carbocycles. The van der Waals surface area contributed by atoms with Crippen molar-refractivity contribution in [2.75, 3.05) is 12.4 Å². The molecule has 0 saturated carbocycles. The van der Waals surface area contributed by atoms with Crippen LogP contribution < -0.4 is 15.4 Å². The zero-order chi connectivity index (χ0) is 23.7. The van der Waals surface area contributed by atoms with Crippen LogP contribution in [0.15, 0.2) is 57.4 Å². The van der Waals surface area contributed by atoms with Crippen molar-refractivity contribution in [3.05, 3.63) is 75.3 Å². The first kappa shape index (κ1) is 22.9. The number of benzene rings is 3. The third-order valence-corrected chi connectivity index (χ3v) is 6.20. The topological polar surface area (TPSA) is 76.4 Å². The fraction of sp³-hybridized carbons (Fsp3) is 0.160. The number of carbonyl (C=O) groups is 1. The summed E-state index contributed by atoms with van der Waals surface area (Å²) in [5.74, 6) is 0.842. The van der Waals surface area contributed by atoms with Gasteiger partial charge in [0.25, 0.3) is 5.91 Å². The van der Waals surface area contributed by atoms with Crippen molar-refractivity contribution < 1.29 is 13.9 Å². The molecular formula is C25H22BrN3O3S. The number of carbonyl (C=O) groups excluding carboxylic acids is 1. The first-order chi connectivity index (χ1) is 15.7. The minimum Gasteiger partial charge on any atom is -0.496 e. The summed E-state index contributed by atoms with van der Waals surface area (Å²) in [5.41, 5.74) is 6.86. The van der Waals surface area contributed by atoms with Crippen LogP contribution in [0.25, 0.3) is 22.6 Å². The number of hydrogen-bond acceptors (Lipinski definition) is 5. The van der Waals surface area contributed by atoms with Gasteiger partial charge in [0.05, 0.1) is 11.6 Å². The van der Waals surface area contributed by atoms with Gasteiger partial charge >= 0.3 is 0 Å². The van der Waals surface area contributed by atoms with E-state index in [1.165, 1.54) is 5.56 Å². The van der Waals surface area contributed by atoms with E-state index in [-0.39, 0.29) is 11.0 Å². The molecule has 0 bridgehead atoms. The molecule has 0 radical (unpaired) electrons. The molecule has 2 N–H and O–H groups in total. The summed E-state index contributed by atoms with van der Waals surface area (Å²) in [4.78, 5) is 17.2. The largest absolute Gasteiger partial charge is 0.496 e. The highest BCUT2D eigenvalue weighted by Gasteiger charge is 2.14. The van der Waals surface area contributed by atoms with Crippen molar-refractivity contribution in [1.82, 2.24) is 10.3 Å². The maximum atomic E-state index is 12.6. The molecule has 8 heteroatoms. The molecule has 0 atom stereocenters. The number of hydrogen-bond donors (Lipinski definition) is 2. The van der Waals surface area contributed by atoms with Crippen molar-refractivity contribution in [2.24, 2.45) is 0 Å². The van der Waals surface area contributed by atoms with Crippen LogP contribution in [0.4, 0.5) is 5.69 Å². The quantitative estimate of drug-likeness (QED) is 0.305. The molecule has 1 aromatic heterocycles. The Kier molecular flexibility index (Phi) is 6.49. The van der Waals surface area contributed by atoms with E-state index in [4.69, 9.17) is 21.4 Å². The molecule has 6 nitrogen and oxygen atoms in total. The lowest BCUT2D eigenvalue weighted by atomic mass is 10.1. The smallest absolute Gasteiger partial charge is 0.257 e. The molecule has 0 fully saturated rings. The Morgan fingerprint density at radius 2 is 1.79 bits per heavy atom. The van der Waals surface area contributed by atoms with Gasteiger partial charge in [0.1, 0.15) is 11.3 Å². The van der Waals surface area contributed by atoms with Gasteiger partial charge in [0.15, 0.2) is 10.7 Å². The molecule has 4 aromatic rings. The predicted molar refractivity (Wildman–Crippen MR) is 138 cm³/mol. The van der Waals surface area contributed by atoms with Gasteiger partial charge in [-0.2, -0.15) is 0 Å². The van der Waals surface area contributed by atoms with Crippen molar-refractivity contribution in [3.8, 4) is 17.2 Å². The van der Waals surface area contributed by atoms with Gasteiger partial charge < -0.3 is 14.5 Å². The van der Waals surface area contributed by atoms with E-state index >= 15 is 0 Å². The lowest BCUT2D eigenvalue weighted by molar-refractivity contribution is 0.0977. The van der Waals surface area contributed by atoms with Crippen LogP contribution in [0.1, 0.15) is 27.0 Å². The number of oxazole rings is 1. The number of amides is 1. The monoisotopic (exact) mass is 523 g/mol. The fourth-order valence-electron chi connectivity index (χ4n) is 3.33. The van der Waals surface area contributed by atoms with Gasteiger partial charge in [-0.1, -0.05) is 6.07 Å². The Bertz CT molecular complexity index is 1360. The van der Waals surface area contributed by atoms with Crippen molar-refractivity contribution in [3.63, 3.8) is 0 Å². The van der Waals surface area contributed by atoms with Crippen LogP contribution >= 0.6 is 28.1 Å². The number of fused-ring (bicyclic) bond motifs is 1. The second-order valence-corrected chi connectivity index (χ2v) is 8.97. The number of nitrogens with zero attached hydrogens (tertiary/aromatic N) is 1. The van der Waals surface area contributed by atoms with E-state index in [0.717, 1.165) is 33.5 Å². The van der Waals surface area contributed by atoms with Crippen LogP contribution in [0, 0.1) is 20.8 Å². The Morgan fingerprint density at radius 1 is 1.03 bits per heavy atom. The Labute approximate surface area is 205 Å². The third-order valence-electron chi connectivity index (χ3n) is 5.38. The Morgan fingerprint density at radius 3 is 2.52 bits per heavy atom. The van der Waals surface area contributed by atoms with E-state index in [1.54, 1.807) is 25.3 Å². The lowest BCUT2D eigenvalue weighted by Crippen LogP contribution is -2.34. The number of rotatable bonds is 4. The third kappa shape index (κ3) is 4.91. The maximum Gasteiger partial charge on any atom is 0.257 e. The number of thiocarbonyl (C=S) groups is 1. The van der Waals surface area contributed by atoms with E-state index in [1.807, 2.05) is 44.2 Å². The molecule has 1 heterocycles.